The summed E-state index contributed by atoms with van der Waals surface area (Å²) < 4.78 is 5.73. The molecule has 2 heterocycles. The number of hydrogen-bond acceptors (Lipinski definition) is 5. The summed E-state index contributed by atoms with van der Waals surface area (Å²) in [4.78, 5) is 4.64. The molecule has 0 N–H and O–H groups in total. The highest BCUT2D eigenvalue weighted by Crippen LogP contribution is 2.25. The standard InChI is InChI=1S/C18H12ClN3OS/c19-14-8-6-12(7-9-14)17-22-21-16(23-17)10-15-11-24-18(20-15)13-4-2-1-3-5-13/h1-9,11H,10H2. The first kappa shape index (κ1) is 15.1. The van der Waals surface area contributed by atoms with Crippen molar-refractivity contribution in [2.24, 2.45) is 0 Å². The van der Waals surface area contributed by atoms with Crippen molar-refractivity contribution >= 4 is 22.9 Å². The molecule has 0 saturated carbocycles. The van der Waals surface area contributed by atoms with Gasteiger partial charge < -0.3 is 4.42 Å². The third-order valence-electron chi connectivity index (χ3n) is 3.46. The van der Waals surface area contributed by atoms with Gasteiger partial charge in [0, 0.05) is 21.5 Å². The molecule has 0 radical (unpaired) electrons. The van der Waals surface area contributed by atoms with Crippen LogP contribution >= 0.6 is 22.9 Å². The van der Waals surface area contributed by atoms with Gasteiger partial charge in [0.25, 0.3) is 0 Å². The maximum atomic E-state index is 5.89. The molecule has 0 amide bonds. The van der Waals surface area contributed by atoms with Gasteiger partial charge in [-0.15, -0.1) is 21.5 Å². The van der Waals surface area contributed by atoms with E-state index in [9.17, 15) is 0 Å². The fraction of sp³-hybridized carbons (Fsp3) is 0.0556. The summed E-state index contributed by atoms with van der Waals surface area (Å²) >= 11 is 7.50. The van der Waals surface area contributed by atoms with Crippen LogP contribution in [0.3, 0.4) is 0 Å². The van der Waals surface area contributed by atoms with Crippen LogP contribution in [0.25, 0.3) is 22.0 Å². The van der Waals surface area contributed by atoms with Crippen LogP contribution in [0.1, 0.15) is 11.6 Å². The summed E-state index contributed by atoms with van der Waals surface area (Å²) in [6.07, 6.45) is 0.518. The Balaban J connectivity index is 1.52. The third-order valence-corrected chi connectivity index (χ3v) is 4.66. The molecule has 24 heavy (non-hydrogen) atoms. The van der Waals surface area contributed by atoms with E-state index in [2.05, 4.69) is 15.2 Å². The van der Waals surface area contributed by atoms with Gasteiger partial charge in [0.15, 0.2) is 0 Å². The molecule has 0 atom stereocenters. The van der Waals surface area contributed by atoms with Gasteiger partial charge in [0.2, 0.25) is 11.8 Å². The summed E-state index contributed by atoms with van der Waals surface area (Å²) in [5, 5.41) is 11.9. The molecule has 0 unspecified atom stereocenters. The zero-order chi connectivity index (χ0) is 16.4. The minimum Gasteiger partial charge on any atom is -0.420 e. The number of thiazole rings is 1. The monoisotopic (exact) mass is 353 g/mol. The van der Waals surface area contributed by atoms with E-state index < -0.39 is 0 Å². The summed E-state index contributed by atoms with van der Waals surface area (Å²) in [5.41, 5.74) is 2.88. The number of benzene rings is 2. The molecule has 2 aromatic heterocycles. The molecule has 4 nitrogen and oxygen atoms in total. The lowest BCUT2D eigenvalue weighted by atomic mass is 10.2. The van der Waals surface area contributed by atoms with Gasteiger partial charge in [-0.25, -0.2) is 4.98 Å². The molecule has 4 aromatic rings. The van der Waals surface area contributed by atoms with E-state index in [1.54, 1.807) is 23.5 Å². The van der Waals surface area contributed by atoms with Crippen molar-refractivity contribution in [3.63, 3.8) is 0 Å². The maximum Gasteiger partial charge on any atom is 0.247 e. The van der Waals surface area contributed by atoms with Crippen LogP contribution in [-0.2, 0) is 6.42 Å². The van der Waals surface area contributed by atoms with Crippen LogP contribution in [0.4, 0.5) is 0 Å². The Hall–Kier alpha value is -2.50. The molecule has 2 aromatic carbocycles. The minimum atomic E-state index is 0.486. The molecule has 0 aliphatic carbocycles. The van der Waals surface area contributed by atoms with Gasteiger partial charge in [-0.1, -0.05) is 41.9 Å². The molecule has 4 rings (SSSR count). The van der Waals surface area contributed by atoms with Crippen LogP contribution in [0, 0.1) is 0 Å². The topological polar surface area (TPSA) is 51.8 Å². The number of rotatable bonds is 4. The Bertz CT molecular complexity index is 948. The molecule has 0 saturated heterocycles. The van der Waals surface area contributed by atoms with E-state index in [1.807, 2.05) is 47.8 Å². The number of halogens is 1. The summed E-state index contributed by atoms with van der Waals surface area (Å²) in [6.45, 7) is 0. The molecule has 0 aliphatic heterocycles. The molecular formula is C18H12ClN3OS. The van der Waals surface area contributed by atoms with Gasteiger partial charge in [-0.3, -0.25) is 0 Å². The minimum absolute atomic E-state index is 0.486. The Kier molecular flexibility index (Phi) is 4.11. The zero-order valence-corrected chi connectivity index (χ0v) is 14.1. The molecule has 0 aliphatic rings. The van der Waals surface area contributed by atoms with E-state index in [1.165, 1.54) is 0 Å². The molecule has 0 spiro atoms. The van der Waals surface area contributed by atoms with Crippen LogP contribution < -0.4 is 0 Å². The maximum absolute atomic E-state index is 5.89. The first-order chi connectivity index (χ1) is 11.8. The lowest BCUT2D eigenvalue weighted by Crippen LogP contribution is -1.88. The van der Waals surface area contributed by atoms with Crippen LogP contribution in [-0.4, -0.2) is 15.2 Å². The molecular weight excluding hydrogens is 342 g/mol. The van der Waals surface area contributed by atoms with E-state index in [-0.39, 0.29) is 0 Å². The fourth-order valence-electron chi connectivity index (χ4n) is 2.29. The van der Waals surface area contributed by atoms with Crippen molar-refractivity contribution in [2.75, 3.05) is 0 Å². The van der Waals surface area contributed by atoms with E-state index in [0.29, 0.717) is 23.2 Å². The summed E-state index contributed by atoms with van der Waals surface area (Å²) in [6, 6.07) is 17.4. The lowest BCUT2D eigenvalue weighted by Gasteiger charge is -1.95. The van der Waals surface area contributed by atoms with Crippen molar-refractivity contribution in [1.82, 2.24) is 15.2 Å². The van der Waals surface area contributed by atoms with Crippen molar-refractivity contribution in [2.45, 2.75) is 6.42 Å². The van der Waals surface area contributed by atoms with Crippen molar-refractivity contribution < 1.29 is 4.42 Å². The normalized spacial score (nSPS) is 10.9. The van der Waals surface area contributed by atoms with Crippen molar-refractivity contribution in [1.29, 1.82) is 0 Å². The first-order valence-corrected chi connectivity index (χ1v) is 8.62. The van der Waals surface area contributed by atoms with Gasteiger partial charge in [0.1, 0.15) is 5.01 Å². The fourth-order valence-corrected chi connectivity index (χ4v) is 3.24. The van der Waals surface area contributed by atoms with Gasteiger partial charge in [0.05, 0.1) is 12.1 Å². The van der Waals surface area contributed by atoms with E-state index in [0.717, 1.165) is 21.8 Å². The van der Waals surface area contributed by atoms with Crippen LogP contribution in [0.5, 0.6) is 0 Å². The Morgan fingerprint density at radius 2 is 1.71 bits per heavy atom. The molecule has 6 heteroatoms. The number of aromatic nitrogens is 3. The average molecular weight is 354 g/mol. The Morgan fingerprint density at radius 1 is 0.917 bits per heavy atom. The molecule has 0 bridgehead atoms. The second kappa shape index (κ2) is 6.55. The van der Waals surface area contributed by atoms with E-state index >= 15 is 0 Å². The second-order valence-corrected chi connectivity index (χ2v) is 6.49. The first-order valence-electron chi connectivity index (χ1n) is 7.36. The van der Waals surface area contributed by atoms with Gasteiger partial charge in [-0.2, -0.15) is 0 Å². The Labute approximate surface area is 147 Å². The average Bonchev–Trinajstić information content (AvgIpc) is 3.27. The van der Waals surface area contributed by atoms with E-state index in [4.69, 9.17) is 16.0 Å². The zero-order valence-electron chi connectivity index (χ0n) is 12.5. The quantitative estimate of drug-likeness (QED) is 0.512. The van der Waals surface area contributed by atoms with Gasteiger partial charge >= 0.3 is 0 Å². The van der Waals surface area contributed by atoms with Crippen LogP contribution in [0.15, 0.2) is 64.4 Å². The lowest BCUT2D eigenvalue weighted by molar-refractivity contribution is 0.516. The summed E-state index contributed by atoms with van der Waals surface area (Å²) in [7, 11) is 0. The summed E-state index contributed by atoms with van der Waals surface area (Å²) in [5.74, 6) is 1.03. The van der Waals surface area contributed by atoms with Crippen molar-refractivity contribution in [3.8, 4) is 22.0 Å². The third kappa shape index (κ3) is 3.22. The number of nitrogens with zero attached hydrogens (tertiary/aromatic N) is 3. The highest BCUT2D eigenvalue weighted by Gasteiger charge is 2.11. The predicted octanol–water partition coefficient (Wildman–Crippen LogP) is 5.10. The highest BCUT2D eigenvalue weighted by molar-refractivity contribution is 7.13. The smallest absolute Gasteiger partial charge is 0.247 e. The van der Waals surface area contributed by atoms with Crippen LogP contribution in [0.2, 0.25) is 5.02 Å². The molecule has 0 fully saturated rings. The number of hydrogen-bond donors (Lipinski definition) is 0. The SMILES string of the molecule is Clc1ccc(-c2nnc(Cc3csc(-c4ccccc4)n3)o2)cc1. The second-order valence-electron chi connectivity index (χ2n) is 5.19. The largest absolute Gasteiger partial charge is 0.420 e. The van der Waals surface area contributed by atoms with Gasteiger partial charge in [-0.05, 0) is 24.3 Å². The van der Waals surface area contributed by atoms with Crippen molar-refractivity contribution in [3.05, 3.63) is 76.6 Å². The molecule has 118 valence electrons. The predicted molar refractivity (Wildman–Crippen MR) is 95.1 cm³/mol. The Morgan fingerprint density at radius 3 is 2.50 bits per heavy atom. The highest BCUT2D eigenvalue weighted by atomic mass is 35.5.